The first-order chi connectivity index (χ1) is 13.7. The summed E-state index contributed by atoms with van der Waals surface area (Å²) in [6.07, 6.45) is 2.71. The van der Waals surface area contributed by atoms with Gasteiger partial charge in [0.15, 0.2) is 5.96 Å². The van der Waals surface area contributed by atoms with Gasteiger partial charge in [0.1, 0.15) is 5.76 Å². The van der Waals surface area contributed by atoms with E-state index >= 15 is 0 Å². The minimum atomic E-state index is 0.108. The Hall–Kier alpha value is -2.34. The maximum absolute atomic E-state index is 5.93. The van der Waals surface area contributed by atoms with Gasteiger partial charge in [-0.1, -0.05) is 49.3 Å². The van der Waals surface area contributed by atoms with E-state index in [9.17, 15) is 0 Å². The number of aliphatic imine (C=N–C) groups is 1. The van der Waals surface area contributed by atoms with Gasteiger partial charge < -0.3 is 19.9 Å². The minimum Gasteiger partial charge on any atom is -0.374 e. The van der Waals surface area contributed by atoms with E-state index in [1.165, 1.54) is 5.56 Å². The first kappa shape index (κ1) is 22.0. The van der Waals surface area contributed by atoms with Gasteiger partial charge in [-0.05, 0) is 32.3 Å². The molecule has 1 atom stereocenters. The molecule has 0 radical (unpaired) electrons. The van der Waals surface area contributed by atoms with Gasteiger partial charge >= 0.3 is 0 Å². The summed E-state index contributed by atoms with van der Waals surface area (Å²) in [6, 6.07) is 10.3. The Morgan fingerprint density at radius 1 is 1.14 bits per heavy atom. The zero-order valence-electron chi connectivity index (χ0n) is 17.6. The summed E-state index contributed by atoms with van der Waals surface area (Å²) in [7, 11) is 0. The summed E-state index contributed by atoms with van der Waals surface area (Å²) >= 11 is 0. The van der Waals surface area contributed by atoms with Gasteiger partial charge in [-0.15, -0.1) is 0 Å². The lowest BCUT2D eigenvalue weighted by Gasteiger charge is -2.14. The molecular formula is C22H34N4O2. The van der Waals surface area contributed by atoms with E-state index in [0.29, 0.717) is 13.2 Å². The number of rotatable bonds is 11. The second kappa shape index (κ2) is 12.2. The molecule has 6 heteroatoms. The fraction of sp³-hybridized carbons (Fsp3) is 0.545. The third-order valence-corrected chi connectivity index (χ3v) is 4.60. The topological polar surface area (TPSA) is 71.7 Å². The highest BCUT2D eigenvalue weighted by atomic mass is 16.5. The van der Waals surface area contributed by atoms with Crippen molar-refractivity contribution in [1.82, 2.24) is 15.8 Å². The van der Waals surface area contributed by atoms with E-state index in [0.717, 1.165) is 55.3 Å². The van der Waals surface area contributed by atoms with Crippen LogP contribution in [0, 0.1) is 0 Å². The summed E-state index contributed by atoms with van der Waals surface area (Å²) in [5.41, 5.74) is 3.32. The molecule has 0 saturated carbocycles. The molecule has 0 fully saturated rings. The van der Waals surface area contributed by atoms with Gasteiger partial charge in [0.25, 0.3) is 0 Å². The van der Waals surface area contributed by atoms with Gasteiger partial charge in [0, 0.05) is 31.7 Å². The van der Waals surface area contributed by atoms with Crippen LogP contribution >= 0.6 is 0 Å². The van der Waals surface area contributed by atoms with E-state index in [1.54, 1.807) is 0 Å². The number of guanidine groups is 1. The summed E-state index contributed by atoms with van der Waals surface area (Å²) in [4.78, 5) is 4.71. The average Bonchev–Trinajstić information content (AvgIpc) is 3.14. The van der Waals surface area contributed by atoms with E-state index < -0.39 is 0 Å². The number of hydrogen-bond donors (Lipinski definition) is 2. The monoisotopic (exact) mass is 386 g/mol. The second-order valence-electron chi connectivity index (χ2n) is 6.64. The molecule has 2 N–H and O–H groups in total. The molecule has 0 aliphatic rings. The van der Waals surface area contributed by atoms with Crippen molar-refractivity contribution < 1.29 is 9.26 Å². The zero-order valence-corrected chi connectivity index (χ0v) is 17.6. The Balaban J connectivity index is 1.79. The Bertz CT molecular complexity index is 691. The molecule has 0 aliphatic carbocycles. The molecule has 28 heavy (non-hydrogen) atoms. The molecular weight excluding hydrogens is 352 g/mol. The summed E-state index contributed by atoms with van der Waals surface area (Å²) < 4.78 is 11.4. The van der Waals surface area contributed by atoms with Crippen LogP contribution in [0.5, 0.6) is 0 Å². The van der Waals surface area contributed by atoms with Crippen LogP contribution in [0.3, 0.4) is 0 Å². The quantitative estimate of drug-likeness (QED) is 0.347. The van der Waals surface area contributed by atoms with E-state index in [2.05, 4.69) is 55.6 Å². The molecule has 1 aromatic carbocycles. The third-order valence-electron chi connectivity index (χ3n) is 4.60. The normalized spacial score (nSPS) is 12.8. The van der Waals surface area contributed by atoms with E-state index in [1.807, 2.05) is 18.2 Å². The summed E-state index contributed by atoms with van der Waals surface area (Å²) in [5.74, 6) is 1.74. The van der Waals surface area contributed by atoms with Gasteiger partial charge in [-0.3, -0.25) is 0 Å². The number of aryl methyl sites for hydroxylation is 2. The molecule has 6 nitrogen and oxygen atoms in total. The van der Waals surface area contributed by atoms with Crippen molar-refractivity contribution in [3.05, 3.63) is 52.9 Å². The van der Waals surface area contributed by atoms with Gasteiger partial charge in [0.2, 0.25) is 0 Å². The van der Waals surface area contributed by atoms with E-state index in [-0.39, 0.29) is 6.10 Å². The largest absolute Gasteiger partial charge is 0.374 e. The number of nitrogens with one attached hydrogen (secondary N) is 2. The molecule has 1 unspecified atom stereocenters. The Labute approximate surface area is 168 Å². The van der Waals surface area contributed by atoms with Crippen LogP contribution in [0.25, 0.3) is 0 Å². The van der Waals surface area contributed by atoms with Crippen molar-refractivity contribution >= 4 is 5.96 Å². The lowest BCUT2D eigenvalue weighted by molar-refractivity contribution is 0.0646. The van der Waals surface area contributed by atoms with Gasteiger partial charge in [-0.25, -0.2) is 4.99 Å². The summed E-state index contributed by atoms with van der Waals surface area (Å²) in [5, 5.41) is 10.8. The van der Waals surface area contributed by atoms with Gasteiger partial charge in [-0.2, -0.15) is 0 Å². The molecule has 154 valence electrons. The van der Waals surface area contributed by atoms with Crippen molar-refractivity contribution in [2.24, 2.45) is 4.99 Å². The first-order valence-electron chi connectivity index (χ1n) is 10.3. The van der Waals surface area contributed by atoms with Crippen molar-refractivity contribution in [2.75, 3.05) is 19.7 Å². The lowest BCUT2D eigenvalue weighted by atomic mass is 10.1. The molecule has 0 bridgehead atoms. The third kappa shape index (κ3) is 6.68. The van der Waals surface area contributed by atoms with Crippen molar-refractivity contribution in [1.29, 1.82) is 0 Å². The minimum absolute atomic E-state index is 0.108. The first-order valence-corrected chi connectivity index (χ1v) is 10.3. The predicted molar refractivity (Wildman–Crippen MR) is 114 cm³/mol. The van der Waals surface area contributed by atoms with Crippen molar-refractivity contribution in [3.8, 4) is 0 Å². The zero-order chi connectivity index (χ0) is 20.2. The number of benzene rings is 1. The van der Waals surface area contributed by atoms with Gasteiger partial charge in [0.05, 0.1) is 18.3 Å². The maximum atomic E-state index is 5.93. The molecule has 1 aromatic heterocycles. The summed E-state index contributed by atoms with van der Waals surface area (Å²) in [6.45, 7) is 11.2. The fourth-order valence-electron chi connectivity index (χ4n) is 2.98. The molecule has 0 amide bonds. The van der Waals surface area contributed by atoms with Crippen LogP contribution < -0.4 is 10.6 Å². The fourth-order valence-corrected chi connectivity index (χ4v) is 2.98. The molecule has 2 aromatic rings. The highest BCUT2D eigenvalue weighted by Gasteiger charge is 2.13. The van der Waals surface area contributed by atoms with Crippen LogP contribution in [0.2, 0.25) is 0 Å². The highest BCUT2D eigenvalue weighted by Crippen LogP contribution is 2.17. The molecule has 2 rings (SSSR count). The molecule has 1 heterocycles. The van der Waals surface area contributed by atoms with Crippen LogP contribution in [-0.2, 0) is 24.1 Å². The van der Waals surface area contributed by atoms with Crippen LogP contribution in [0.4, 0.5) is 0 Å². The van der Waals surface area contributed by atoms with Crippen molar-refractivity contribution in [3.63, 3.8) is 0 Å². The van der Waals surface area contributed by atoms with Crippen molar-refractivity contribution in [2.45, 2.75) is 59.6 Å². The number of ether oxygens (including phenoxy) is 1. The predicted octanol–water partition coefficient (Wildman–Crippen LogP) is 4.02. The van der Waals surface area contributed by atoms with Crippen LogP contribution in [0.1, 0.15) is 62.8 Å². The Kier molecular flexibility index (Phi) is 9.55. The molecule has 0 aliphatic heterocycles. The number of aromatic nitrogens is 1. The second-order valence-corrected chi connectivity index (χ2v) is 6.64. The highest BCUT2D eigenvalue weighted by molar-refractivity contribution is 5.79. The van der Waals surface area contributed by atoms with Crippen LogP contribution in [0.15, 0.2) is 39.8 Å². The Morgan fingerprint density at radius 2 is 1.93 bits per heavy atom. The SMILES string of the molecule is CCNC(=NCc1c(CC)noc1CC)NCCCOC(C)c1ccccc1. The number of nitrogens with zero attached hydrogens (tertiary/aromatic N) is 2. The molecule has 0 saturated heterocycles. The molecule has 0 spiro atoms. The smallest absolute Gasteiger partial charge is 0.191 e. The van der Waals surface area contributed by atoms with Crippen LogP contribution in [-0.4, -0.2) is 30.8 Å². The Morgan fingerprint density at radius 3 is 2.61 bits per heavy atom. The number of hydrogen-bond acceptors (Lipinski definition) is 4. The lowest BCUT2D eigenvalue weighted by Crippen LogP contribution is -2.38. The maximum Gasteiger partial charge on any atom is 0.191 e. The standard InChI is InChI=1S/C22H34N4O2/c1-5-20-19(21(6-2)28-26-20)16-25-22(23-7-3)24-14-11-15-27-17(4)18-12-9-8-10-13-18/h8-10,12-13,17H,5-7,11,14-16H2,1-4H3,(H2,23,24,25). The van der Waals surface area contributed by atoms with E-state index in [4.69, 9.17) is 14.3 Å². The average molecular weight is 387 g/mol.